The first kappa shape index (κ1) is 18.7. The van der Waals surface area contributed by atoms with Gasteiger partial charge in [-0.1, -0.05) is 30.3 Å². The molecule has 2 aromatic carbocycles. The molecule has 0 radical (unpaired) electrons. The Morgan fingerprint density at radius 3 is 2.48 bits per heavy atom. The quantitative estimate of drug-likeness (QED) is 0.495. The highest BCUT2D eigenvalue weighted by Gasteiger charge is 2.12. The fourth-order valence-corrected chi connectivity index (χ4v) is 3.35. The summed E-state index contributed by atoms with van der Waals surface area (Å²) >= 11 is 0. The average Bonchev–Trinajstić information content (AvgIpc) is 2.78. The summed E-state index contributed by atoms with van der Waals surface area (Å²) < 4.78 is 0. The van der Waals surface area contributed by atoms with Crippen LogP contribution in [0.3, 0.4) is 0 Å². The van der Waals surface area contributed by atoms with Crippen molar-refractivity contribution in [2.45, 2.75) is 13.1 Å². The molecule has 0 aliphatic rings. The van der Waals surface area contributed by atoms with Crippen LogP contribution in [0.1, 0.15) is 11.4 Å². The summed E-state index contributed by atoms with van der Waals surface area (Å²) in [4.78, 5) is 16.0. The Hall–Kier alpha value is -3.67. The third kappa shape index (κ3) is 4.27. The van der Waals surface area contributed by atoms with Gasteiger partial charge in [0.05, 0.1) is 23.4 Å². The standard InChI is InChI=1S/C23H24N6/c1-24-20-11-5-6-12-21(20)26-15-22-27-19-10-4-3-9-18(19)23(28-22)29(2)16-17-8-7-13-25-14-17/h3-14,24,26H,15-16H2,1-2H3. The van der Waals surface area contributed by atoms with Gasteiger partial charge in [0.1, 0.15) is 11.6 Å². The normalized spacial score (nSPS) is 10.7. The van der Waals surface area contributed by atoms with Gasteiger partial charge in [0.25, 0.3) is 0 Å². The fourth-order valence-electron chi connectivity index (χ4n) is 3.35. The monoisotopic (exact) mass is 384 g/mol. The number of pyridine rings is 1. The molecule has 4 aromatic rings. The van der Waals surface area contributed by atoms with Gasteiger partial charge in [-0.25, -0.2) is 9.97 Å². The van der Waals surface area contributed by atoms with E-state index in [0.717, 1.165) is 46.0 Å². The molecule has 6 nitrogen and oxygen atoms in total. The molecule has 0 unspecified atom stereocenters. The number of aromatic nitrogens is 3. The third-order valence-corrected chi connectivity index (χ3v) is 4.77. The number of fused-ring (bicyclic) bond motifs is 1. The summed E-state index contributed by atoms with van der Waals surface area (Å²) in [7, 11) is 3.97. The van der Waals surface area contributed by atoms with Crippen LogP contribution in [0.2, 0.25) is 0 Å². The van der Waals surface area contributed by atoms with Crippen LogP contribution >= 0.6 is 0 Å². The second kappa shape index (κ2) is 8.56. The molecule has 6 heteroatoms. The van der Waals surface area contributed by atoms with E-state index in [9.17, 15) is 0 Å². The average molecular weight is 384 g/mol. The Balaban J connectivity index is 1.63. The molecule has 0 spiro atoms. The summed E-state index contributed by atoms with van der Waals surface area (Å²) in [6, 6.07) is 20.3. The van der Waals surface area contributed by atoms with Crippen molar-refractivity contribution >= 4 is 28.1 Å². The number of para-hydroxylation sites is 3. The number of hydrogen-bond acceptors (Lipinski definition) is 6. The molecule has 2 N–H and O–H groups in total. The van der Waals surface area contributed by atoms with Crippen LogP contribution in [0.15, 0.2) is 73.1 Å². The van der Waals surface area contributed by atoms with Gasteiger partial charge in [-0.05, 0) is 35.9 Å². The van der Waals surface area contributed by atoms with Crippen molar-refractivity contribution in [1.82, 2.24) is 15.0 Å². The predicted octanol–water partition coefficient (Wildman–Crippen LogP) is 4.32. The van der Waals surface area contributed by atoms with Crippen molar-refractivity contribution < 1.29 is 0 Å². The van der Waals surface area contributed by atoms with Crippen LogP contribution in [0.5, 0.6) is 0 Å². The highest BCUT2D eigenvalue weighted by molar-refractivity contribution is 5.89. The molecule has 0 amide bonds. The molecule has 0 atom stereocenters. The Morgan fingerprint density at radius 1 is 0.897 bits per heavy atom. The van der Waals surface area contributed by atoms with Crippen LogP contribution < -0.4 is 15.5 Å². The summed E-state index contributed by atoms with van der Waals surface area (Å²) in [5.41, 5.74) is 4.15. The van der Waals surface area contributed by atoms with E-state index in [-0.39, 0.29) is 0 Å². The first-order chi connectivity index (χ1) is 14.2. The zero-order valence-corrected chi connectivity index (χ0v) is 16.6. The van der Waals surface area contributed by atoms with Crippen LogP contribution in [0, 0.1) is 0 Å². The summed E-state index contributed by atoms with van der Waals surface area (Å²) in [6.45, 7) is 1.27. The topological polar surface area (TPSA) is 66.0 Å². The van der Waals surface area contributed by atoms with E-state index in [1.165, 1.54) is 0 Å². The zero-order valence-electron chi connectivity index (χ0n) is 16.6. The van der Waals surface area contributed by atoms with Gasteiger partial charge >= 0.3 is 0 Å². The van der Waals surface area contributed by atoms with E-state index in [4.69, 9.17) is 9.97 Å². The molecule has 0 aliphatic carbocycles. The Labute approximate surface area is 170 Å². The lowest BCUT2D eigenvalue weighted by molar-refractivity contribution is 0.871. The van der Waals surface area contributed by atoms with Gasteiger partial charge in [0.2, 0.25) is 0 Å². The van der Waals surface area contributed by atoms with Crippen molar-refractivity contribution in [3.8, 4) is 0 Å². The van der Waals surface area contributed by atoms with Crippen LogP contribution in [-0.4, -0.2) is 29.0 Å². The van der Waals surface area contributed by atoms with E-state index in [1.54, 1.807) is 6.20 Å². The van der Waals surface area contributed by atoms with E-state index in [0.29, 0.717) is 6.54 Å². The second-order valence-corrected chi connectivity index (χ2v) is 6.85. The molecular weight excluding hydrogens is 360 g/mol. The van der Waals surface area contributed by atoms with Crippen molar-refractivity contribution in [3.63, 3.8) is 0 Å². The van der Waals surface area contributed by atoms with E-state index >= 15 is 0 Å². The van der Waals surface area contributed by atoms with Gasteiger partial charge < -0.3 is 15.5 Å². The highest BCUT2D eigenvalue weighted by atomic mass is 15.2. The minimum absolute atomic E-state index is 0.539. The highest BCUT2D eigenvalue weighted by Crippen LogP contribution is 2.25. The van der Waals surface area contributed by atoms with Crippen molar-refractivity contribution in [2.75, 3.05) is 29.6 Å². The second-order valence-electron chi connectivity index (χ2n) is 6.85. The maximum absolute atomic E-state index is 4.88. The number of nitrogens with one attached hydrogen (secondary N) is 2. The van der Waals surface area contributed by atoms with Crippen molar-refractivity contribution in [2.24, 2.45) is 0 Å². The molecule has 0 fully saturated rings. The van der Waals surface area contributed by atoms with Gasteiger partial charge in [0, 0.05) is 38.4 Å². The zero-order chi connectivity index (χ0) is 20.1. The SMILES string of the molecule is CNc1ccccc1NCc1nc(N(C)Cc2cccnc2)c2ccccc2n1. The molecule has 4 rings (SSSR count). The minimum atomic E-state index is 0.539. The summed E-state index contributed by atoms with van der Waals surface area (Å²) in [5.74, 6) is 1.67. The van der Waals surface area contributed by atoms with E-state index in [1.807, 2.05) is 61.8 Å². The molecule has 2 aromatic heterocycles. The Morgan fingerprint density at radius 2 is 1.69 bits per heavy atom. The number of hydrogen-bond donors (Lipinski definition) is 2. The molecule has 2 heterocycles. The van der Waals surface area contributed by atoms with Gasteiger partial charge in [-0.2, -0.15) is 0 Å². The number of rotatable bonds is 7. The van der Waals surface area contributed by atoms with Crippen molar-refractivity contribution in [3.05, 3.63) is 84.4 Å². The van der Waals surface area contributed by atoms with Crippen LogP contribution in [0.25, 0.3) is 10.9 Å². The van der Waals surface area contributed by atoms with E-state index in [2.05, 4.69) is 39.7 Å². The first-order valence-electron chi connectivity index (χ1n) is 9.61. The maximum atomic E-state index is 4.88. The van der Waals surface area contributed by atoms with Crippen LogP contribution in [0.4, 0.5) is 17.2 Å². The smallest absolute Gasteiger partial charge is 0.150 e. The molecule has 0 bridgehead atoms. The number of benzene rings is 2. The molecular formula is C23H24N6. The van der Waals surface area contributed by atoms with Gasteiger partial charge in [-0.15, -0.1) is 0 Å². The minimum Gasteiger partial charge on any atom is -0.386 e. The van der Waals surface area contributed by atoms with Crippen molar-refractivity contribution in [1.29, 1.82) is 0 Å². The maximum Gasteiger partial charge on any atom is 0.150 e. The molecule has 0 saturated heterocycles. The van der Waals surface area contributed by atoms with Gasteiger partial charge in [-0.3, -0.25) is 4.98 Å². The van der Waals surface area contributed by atoms with E-state index < -0.39 is 0 Å². The Kier molecular flexibility index (Phi) is 5.52. The summed E-state index contributed by atoms with van der Waals surface area (Å²) in [6.07, 6.45) is 3.67. The predicted molar refractivity (Wildman–Crippen MR) is 119 cm³/mol. The number of nitrogens with zero attached hydrogens (tertiary/aromatic N) is 4. The largest absolute Gasteiger partial charge is 0.386 e. The third-order valence-electron chi connectivity index (χ3n) is 4.77. The lowest BCUT2D eigenvalue weighted by Crippen LogP contribution is -2.19. The Bertz CT molecular complexity index is 1100. The van der Waals surface area contributed by atoms with Gasteiger partial charge in [0.15, 0.2) is 0 Å². The first-order valence-corrected chi connectivity index (χ1v) is 9.61. The van der Waals surface area contributed by atoms with Crippen LogP contribution in [-0.2, 0) is 13.1 Å². The molecule has 0 saturated carbocycles. The molecule has 146 valence electrons. The number of anilines is 3. The molecule has 0 aliphatic heterocycles. The lowest BCUT2D eigenvalue weighted by Gasteiger charge is -2.21. The summed E-state index contributed by atoms with van der Waals surface area (Å²) in [5, 5.41) is 7.69. The fraction of sp³-hybridized carbons (Fsp3) is 0.174. The molecule has 29 heavy (non-hydrogen) atoms. The lowest BCUT2D eigenvalue weighted by atomic mass is 10.2.